The molecule has 3 heteroatoms. The summed E-state index contributed by atoms with van der Waals surface area (Å²) in [6.07, 6.45) is 5.37. The van der Waals surface area contributed by atoms with Crippen molar-refractivity contribution in [1.82, 2.24) is 9.97 Å². The second-order valence-electron chi connectivity index (χ2n) is 5.64. The van der Waals surface area contributed by atoms with E-state index in [-0.39, 0.29) is 0 Å². The monoisotopic (exact) mass is 267 g/mol. The SMILES string of the molecule is Cc1cc(N2CCC(Cc3ccccc3)CC2)ncn1. The van der Waals surface area contributed by atoms with Gasteiger partial charge in [0.25, 0.3) is 0 Å². The number of nitrogens with zero attached hydrogens (tertiary/aromatic N) is 3. The molecule has 3 rings (SSSR count). The number of anilines is 1. The fraction of sp³-hybridized carbons (Fsp3) is 0.412. The molecule has 3 nitrogen and oxygen atoms in total. The highest BCUT2D eigenvalue weighted by Gasteiger charge is 2.20. The summed E-state index contributed by atoms with van der Waals surface area (Å²) in [4.78, 5) is 10.9. The van der Waals surface area contributed by atoms with Gasteiger partial charge in [-0.2, -0.15) is 0 Å². The third kappa shape index (κ3) is 3.16. The van der Waals surface area contributed by atoms with Crippen LogP contribution in [-0.4, -0.2) is 23.1 Å². The summed E-state index contributed by atoms with van der Waals surface area (Å²) in [5.74, 6) is 1.88. The summed E-state index contributed by atoms with van der Waals surface area (Å²) >= 11 is 0. The molecule has 0 radical (unpaired) electrons. The van der Waals surface area contributed by atoms with Gasteiger partial charge in [-0.1, -0.05) is 30.3 Å². The highest BCUT2D eigenvalue weighted by atomic mass is 15.2. The van der Waals surface area contributed by atoms with Crippen LogP contribution in [0.1, 0.15) is 24.1 Å². The average Bonchev–Trinajstić information content (AvgIpc) is 2.49. The van der Waals surface area contributed by atoms with Crippen LogP contribution in [0.3, 0.4) is 0 Å². The first kappa shape index (κ1) is 13.1. The van der Waals surface area contributed by atoms with Crippen LogP contribution in [0.15, 0.2) is 42.7 Å². The molecule has 1 aromatic carbocycles. The minimum absolute atomic E-state index is 0.802. The van der Waals surface area contributed by atoms with Crippen molar-refractivity contribution in [1.29, 1.82) is 0 Å². The molecular weight excluding hydrogens is 246 g/mol. The van der Waals surface area contributed by atoms with Crippen LogP contribution in [0.4, 0.5) is 5.82 Å². The Morgan fingerprint density at radius 3 is 2.55 bits per heavy atom. The molecule has 0 N–H and O–H groups in total. The molecule has 0 atom stereocenters. The summed E-state index contributed by atoms with van der Waals surface area (Å²) in [6, 6.07) is 12.9. The van der Waals surface area contributed by atoms with Crippen LogP contribution < -0.4 is 4.90 Å². The van der Waals surface area contributed by atoms with E-state index in [1.807, 2.05) is 6.92 Å². The second-order valence-corrected chi connectivity index (χ2v) is 5.64. The molecule has 1 aliphatic heterocycles. The van der Waals surface area contributed by atoms with Crippen LogP contribution in [0.5, 0.6) is 0 Å². The van der Waals surface area contributed by atoms with Gasteiger partial charge in [-0.3, -0.25) is 0 Å². The van der Waals surface area contributed by atoms with Crippen molar-refractivity contribution in [2.45, 2.75) is 26.2 Å². The number of aryl methyl sites for hydroxylation is 1. The molecule has 0 spiro atoms. The van der Waals surface area contributed by atoms with E-state index in [0.29, 0.717) is 0 Å². The maximum absolute atomic E-state index is 4.39. The van der Waals surface area contributed by atoms with Gasteiger partial charge in [0.05, 0.1) is 0 Å². The normalized spacial score (nSPS) is 16.4. The van der Waals surface area contributed by atoms with Gasteiger partial charge >= 0.3 is 0 Å². The van der Waals surface area contributed by atoms with Gasteiger partial charge in [-0.15, -0.1) is 0 Å². The maximum atomic E-state index is 4.39. The number of aromatic nitrogens is 2. The van der Waals surface area contributed by atoms with Crippen molar-refractivity contribution in [3.8, 4) is 0 Å². The Morgan fingerprint density at radius 2 is 1.85 bits per heavy atom. The Kier molecular flexibility index (Phi) is 3.95. The van der Waals surface area contributed by atoms with Crippen LogP contribution in [0.2, 0.25) is 0 Å². The minimum atomic E-state index is 0.802. The first-order valence-corrected chi connectivity index (χ1v) is 7.39. The lowest BCUT2D eigenvalue weighted by molar-refractivity contribution is 0.402. The largest absolute Gasteiger partial charge is 0.356 e. The van der Waals surface area contributed by atoms with Crippen molar-refractivity contribution >= 4 is 5.82 Å². The van der Waals surface area contributed by atoms with E-state index in [9.17, 15) is 0 Å². The summed E-state index contributed by atoms with van der Waals surface area (Å²) in [5, 5.41) is 0. The fourth-order valence-electron chi connectivity index (χ4n) is 2.93. The number of rotatable bonds is 3. The maximum Gasteiger partial charge on any atom is 0.132 e. The molecule has 20 heavy (non-hydrogen) atoms. The lowest BCUT2D eigenvalue weighted by Crippen LogP contribution is -2.34. The molecule has 0 saturated carbocycles. The lowest BCUT2D eigenvalue weighted by Gasteiger charge is -2.32. The Balaban J connectivity index is 1.57. The number of hydrogen-bond acceptors (Lipinski definition) is 3. The van der Waals surface area contributed by atoms with Crippen molar-refractivity contribution in [3.05, 3.63) is 54.0 Å². The van der Waals surface area contributed by atoms with Gasteiger partial charge < -0.3 is 4.90 Å². The number of benzene rings is 1. The van der Waals surface area contributed by atoms with Crippen molar-refractivity contribution in [2.75, 3.05) is 18.0 Å². The summed E-state index contributed by atoms with van der Waals surface area (Å²) in [6.45, 7) is 4.23. The quantitative estimate of drug-likeness (QED) is 0.855. The Morgan fingerprint density at radius 1 is 1.10 bits per heavy atom. The lowest BCUT2D eigenvalue weighted by atomic mass is 9.90. The van der Waals surface area contributed by atoms with Gasteiger partial charge in [-0.05, 0) is 37.7 Å². The van der Waals surface area contributed by atoms with E-state index in [2.05, 4.69) is 51.3 Å². The van der Waals surface area contributed by atoms with Crippen LogP contribution in [-0.2, 0) is 6.42 Å². The molecule has 104 valence electrons. The standard InChI is InChI=1S/C17H21N3/c1-14-11-17(19-13-18-14)20-9-7-16(8-10-20)12-15-5-3-2-4-6-15/h2-6,11,13,16H,7-10,12H2,1H3. The van der Waals surface area contributed by atoms with E-state index in [1.165, 1.54) is 24.8 Å². The molecule has 0 aliphatic carbocycles. The smallest absolute Gasteiger partial charge is 0.132 e. The molecule has 2 aromatic rings. The van der Waals surface area contributed by atoms with Gasteiger partial charge in [0.2, 0.25) is 0 Å². The van der Waals surface area contributed by atoms with Crippen molar-refractivity contribution < 1.29 is 0 Å². The van der Waals surface area contributed by atoms with Crippen molar-refractivity contribution in [3.63, 3.8) is 0 Å². The fourth-order valence-corrected chi connectivity index (χ4v) is 2.93. The summed E-state index contributed by atoms with van der Waals surface area (Å²) < 4.78 is 0. The molecule has 0 amide bonds. The van der Waals surface area contributed by atoms with Crippen LogP contribution in [0.25, 0.3) is 0 Å². The molecule has 1 aromatic heterocycles. The Hall–Kier alpha value is -1.90. The van der Waals surface area contributed by atoms with E-state index < -0.39 is 0 Å². The van der Waals surface area contributed by atoms with Gasteiger partial charge in [0, 0.05) is 24.8 Å². The molecular formula is C17H21N3. The zero-order chi connectivity index (χ0) is 13.8. The van der Waals surface area contributed by atoms with E-state index in [4.69, 9.17) is 0 Å². The Labute approximate surface area is 120 Å². The Bertz CT molecular complexity index is 545. The third-order valence-corrected chi connectivity index (χ3v) is 4.10. The topological polar surface area (TPSA) is 29.0 Å². The van der Waals surface area contributed by atoms with Gasteiger partial charge in [0.15, 0.2) is 0 Å². The average molecular weight is 267 g/mol. The first-order chi connectivity index (χ1) is 9.81. The van der Waals surface area contributed by atoms with Gasteiger partial charge in [-0.25, -0.2) is 9.97 Å². The van der Waals surface area contributed by atoms with Crippen molar-refractivity contribution in [2.24, 2.45) is 5.92 Å². The minimum Gasteiger partial charge on any atom is -0.356 e. The van der Waals surface area contributed by atoms with E-state index in [0.717, 1.165) is 30.5 Å². The van der Waals surface area contributed by atoms with Crippen LogP contribution >= 0.6 is 0 Å². The predicted octanol–water partition coefficient (Wildman–Crippen LogP) is 3.24. The zero-order valence-corrected chi connectivity index (χ0v) is 12.0. The molecule has 1 saturated heterocycles. The molecule has 1 fully saturated rings. The first-order valence-electron chi connectivity index (χ1n) is 7.39. The molecule has 0 unspecified atom stereocenters. The second kappa shape index (κ2) is 6.04. The number of hydrogen-bond donors (Lipinski definition) is 0. The summed E-state index contributed by atoms with van der Waals surface area (Å²) in [7, 11) is 0. The number of piperidine rings is 1. The molecule has 0 bridgehead atoms. The molecule has 1 aliphatic rings. The third-order valence-electron chi connectivity index (χ3n) is 4.10. The zero-order valence-electron chi connectivity index (χ0n) is 12.0. The predicted molar refractivity (Wildman–Crippen MR) is 81.9 cm³/mol. The summed E-state index contributed by atoms with van der Waals surface area (Å²) in [5.41, 5.74) is 2.50. The highest BCUT2D eigenvalue weighted by Crippen LogP contribution is 2.24. The van der Waals surface area contributed by atoms with E-state index >= 15 is 0 Å². The highest BCUT2D eigenvalue weighted by molar-refractivity contribution is 5.39. The van der Waals surface area contributed by atoms with Gasteiger partial charge in [0.1, 0.15) is 12.1 Å². The van der Waals surface area contributed by atoms with Crippen LogP contribution in [0, 0.1) is 12.8 Å². The van der Waals surface area contributed by atoms with E-state index in [1.54, 1.807) is 6.33 Å². The molecule has 2 heterocycles.